The van der Waals surface area contributed by atoms with Gasteiger partial charge in [-0.25, -0.2) is 0 Å². The lowest BCUT2D eigenvalue weighted by Gasteiger charge is -2.27. The number of carbonyl (C=O) groups is 1. The van der Waals surface area contributed by atoms with Crippen molar-refractivity contribution in [3.8, 4) is 0 Å². The van der Waals surface area contributed by atoms with Crippen molar-refractivity contribution in [1.29, 1.82) is 0 Å². The van der Waals surface area contributed by atoms with Gasteiger partial charge in [0, 0.05) is 35.8 Å². The van der Waals surface area contributed by atoms with Crippen LogP contribution < -0.4 is 5.32 Å². The van der Waals surface area contributed by atoms with Crippen LogP contribution in [0.15, 0.2) is 96.3 Å². The maximum absolute atomic E-state index is 12.7. The Bertz CT molecular complexity index is 1030. The molecule has 1 aromatic carbocycles. The molecule has 160 valence electrons. The molecule has 0 radical (unpaired) electrons. The predicted octanol–water partition coefficient (Wildman–Crippen LogP) is 5.02. The molecule has 1 amide bonds. The summed E-state index contributed by atoms with van der Waals surface area (Å²) in [6.45, 7) is 10.4. The first-order valence-electron chi connectivity index (χ1n) is 10.4. The zero-order valence-electron chi connectivity index (χ0n) is 18.3. The number of pyridine rings is 1. The zero-order chi connectivity index (χ0) is 22.4. The van der Waals surface area contributed by atoms with Crippen LogP contribution in [0.2, 0.25) is 0 Å². The first kappa shape index (κ1) is 22.2. The highest BCUT2D eigenvalue weighted by atomic mass is 16.3. The Hall–Kier alpha value is -3.44. The van der Waals surface area contributed by atoms with Gasteiger partial charge in [-0.05, 0) is 62.2 Å². The third-order valence-electron chi connectivity index (χ3n) is 5.47. The Kier molecular flexibility index (Phi) is 7.21. The highest BCUT2D eigenvalue weighted by molar-refractivity contribution is 5.95. The molecule has 2 aromatic rings. The van der Waals surface area contributed by atoms with Crippen LogP contribution in [0.3, 0.4) is 0 Å². The van der Waals surface area contributed by atoms with Crippen LogP contribution in [0.4, 0.5) is 0 Å². The van der Waals surface area contributed by atoms with Gasteiger partial charge in [-0.3, -0.25) is 9.78 Å². The molecule has 0 saturated carbocycles. The molecule has 0 bridgehead atoms. The van der Waals surface area contributed by atoms with Crippen LogP contribution in [-0.2, 0) is 6.42 Å². The number of allylic oxidation sites excluding steroid dienone is 4. The van der Waals surface area contributed by atoms with E-state index in [1.165, 1.54) is 5.57 Å². The Morgan fingerprint density at radius 3 is 2.55 bits per heavy atom. The highest BCUT2D eigenvalue weighted by Gasteiger charge is 2.15. The van der Waals surface area contributed by atoms with E-state index < -0.39 is 6.10 Å². The molecule has 5 nitrogen and oxygen atoms in total. The smallest absolute Gasteiger partial charge is 0.255 e. The first-order valence-corrected chi connectivity index (χ1v) is 10.4. The number of nitrogens with zero attached hydrogens (tertiary/aromatic N) is 2. The van der Waals surface area contributed by atoms with Gasteiger partial charge in [-0.2, -0.15) is 0 Å². The Morgan fingerprint density at radius 1 is 1.16 bits per heavy atom. The molecule has 5 heteroatoms. The predicted molar refractivity (Wildman–Crippen MR) is 124 cm³/mol. The number of benzene rings is 1. The average Bonchev–Trinajstić information content (AvgIpc) is 2.80. The minimum Gasteiger partial charge on any atom is -0.386 e. The Labute approximate surface area is 184 Å². The molecule has 0 spiro atoms. The summed E-state index contributed by atoms with van der Waals surface area (Å²) in [7, 11) is 0. The molecule has 3 rings (SSSR count). The fraction of sp³-hybridized carbons (Fsp3) is 0.231. The van der Waals surface area contributed by atoms with Gasteiger partial charge in [-0.15, -0.1) is 0 Å². The van der Waals surface area contributed by atoms with Gasteiger partial charge in [0.15, 0.2) is 0 Å². The maximum Gasteiger partial charge on any atom is 0.255 e. The topological polar surface area (TPSA) is 65.5 Å². The molecule has 1 atom stereocenters. The number of hydrogen-bond acceptors (Lipinski definition) is 4. The van der Waals surface area contributed by atoms with Gasteiger partial charge in [0.2, 0.25) is 0 Å². The lowest BCUT2D eigenvalue weighted by atomic mass is 10.0. The van der Waals surface area contributed by atoms with Gasteiger partial charge in [0.05, 0.1) is 17.5 Å². The van der Waals surface area contributed by atoms with Crippen LogP contribution in [0.25, 0.3) is 0 Å². The minimum absolute atomic E-state index is 0.186. The van der Waals surface area contributed by atoms with Crippen LogP contribution in [0.5, 0.6) is 0 Å². The number of hydrogen-bond donors (Lipinski definition) is 2. The Balaban J connectivity index is 1.66. The summed E-state index contributed by atoms with van der Waals surface area (Å²) < 4.78 is 0. The quantitative estimate of drug-likeness (QED) is 0.667. The lowest BCUT2D eigenvalue weighted by Crippen LogP contribution is -2.26. The molecule has 0 fully saturated rings. The van der Waals surface area contributed by atoms with Crippen LogP contribution in [-0.4, -0.2) is 20.9 Å². The van der Waals surface area contributed by atoms with E-state index in [0.29, 0.717) is 23.4 Å². The third kappa shape index (κ3) is 5.58. The number of aliphatic hydroxyl groups excluding tert-OH is 1. The largest absolute Gasteiger partial charge is 0.386 e. The first-order chi connectivity index (χ1) is 14.9. The standard InChI is InChI=1S/C26H29N3O2/c1-5-18(2)20(4)29-17-23(14-9-19(29)3)28-26(31)22-12-10-21(11-13-22)16-25(30)24-8-6-7-15-27-24/h6-15,17,25,30H,3,5,16H2,1-2,4H3,(H,28,31)/b20-18+. The van der Waals surface area contributed by atoms with E-state index in [4.69, 9.17) is 0 Å². The van der Waals surface area contributed by atoms with E-state index in [0.717, 1.165) is 23.4 Å². The number of carbonyl (C=O) groups excluding carboxylic acids is 1. The molecule has 0 saturated heterocycles. The zero-order valence-corrected chi connectivity index (χ0v) is 18.3. The van der Waals surface area contributed by atoms with Gasteiger partial charge < -0.3 is 15.3 Å². The second kappa shape index (κ2) is 10.0. The van der Waals surface area contributed by atoms with E-state index in [1.54, 1.807) is 24.4 Å². The van der Waals surface area contributed by atoms with Crippen LogP contribution in [0, 0.1) is 0 Å². The molecular formula is C26H29N3O2. The molecule has 1 unspecified atom stereocenters. The summed E-state index contributed by atoms with van der Waals surface area (Å²) in [4.78, 5) is 18.9. The molecule has 1 aromatic heterocycles. The number of rotatable bonds is 7. The van der Waals surface area contributed by atoms with Gasteiger partial charge in [-0.1, -0.05) is 37.3 Å². The molecule has 31 heavy (non-hydrogen) atoms. The van der Waals surface area contributed by atoms with Crippen molar-refractivity contribution in [2.75, 3.05) is 0 Å². The normalized spacial score (nSPS) is 15.3. The molecule has 2 N–H and O–H groups in total. The number of amides is 1. The van der Waals surface area contributed by atoms with E-state index in [2.05, 4.69) is 37.7 Å². The Morgan fingerprint density at radius 2 is 1.90 bits per heavy atom. The van der Waals surface area contributed by atoms with Crippen molar-refractivity contribution in [2.45, 2.75) is 39.7 Å². The van der Waals surface area contributed by atoms with Gasteiger partial charge in [0.1, 0.15) is 0 Å². The maximum atomic E-state index is 12.7. The average molecular weight is 416 g/mol. The summed E-state index contributed by atoms with van der Waals surface area (Å²) in [6, 6.07) is 12.7. The number of aromatic nitrogens is 1. The van der Waals surface area contributed by atoms with E-state index in [-0.39, 0.29) is 5.91 Å². The van der Waals surface area contributed by atoms with Crippen molar-refractivity contribution in [3.05, 3.63) is 113 Å². The fourth-order valence-corrected chi connectivity index (χ4v) is 3.28. The summed E-state index contributed by atoms with van der Waals surface area (Å²) in [6.07, 6.45) is 8.01. The minimum atomic E-state index is -0.680. The van der Waals surface area contributed by atoms with Gasteiger partial charge in [0.25, 0.3) is 5.91 Å². The fourth-order valence-electron chi connectivity index (χ4n) is 3.28. The van der Waals surface area contributed by atoms with E-state index in [9.17, 15) is 9.90 Å². The second-order valence-corrected chi connectivity index (χ2v) is 7.62. The summed E-state index contributed by atoms with van der Waals surface area (Å²) in [5, 5.41) is 13.3. The number of nitrogens with one attached hydrogen (secondary N) is 1. The summed E-state index contributed by atoms with van der Waals surface area (Å²) >= 11 is 0. The third-order valence-corrected chi connectivity index (χ3v) is 5.47. The van der Waals surface area contributed by atoms with Gasteiger partial charge >= 0.3 is 0 Å². The van der Waals surface area contributed by atoms with Crippen LogP contribution in [0.1, 0.15) is 54.9 Å². The molecule has 1 aliphatic rings. The van der Waals surface area contributed by atoms with E-state index >= 15 is 0 Å². The highest BCUT2D eigenvalue weighted by Crippen LogP contribution is 2.23. The molecule has 0 aliphatic carbocycles. The van der Waals surface area contributed by atoms with Crippen molar-refractivity contribution in [3.63, 3.8) is 0 Å². The van der Waals surface area contributed by atoms with Crippen LogP contribution >= 0.6 is 0 Å². The lowest BCUT2D eigenvalue weighted by molar-refractivity contribution is 0.0966. The summed E-state index contributed by atoms with van der Waals surface area (Å²) in [5.41, 5.74) is 6.06. The SMILES string of the molecule is C=C1C=CC(NC(=O)c2ccc(CC(O)c3ccccn3)cc2)=CN1/C(C)=C(\C)CC. The van der Waals surface area contributed by atoms with E-state index in [1.807, 2.05) is 47.5 Å². The molecular weight excluding hydrogens is 386 g/mol. The van der Waals surface area contributed by atoms with Crippen molar-refractivity contribution in [1.82, 2.24) is 15.2 Å². The second-order valence-electron chi connectivity index (χ2n) is 7.62. The number of aliphatic hydroxyl groups is 1. The van der Waals surface area contributed by atoms with Crippen molar-refractivity contribution >= 4 is 5.91 Å². The summed E-state index contributed by atoms with van der Waals surface area (Å²) in [5.74, 6) is -0.186. The monoisotopic (exact) mass is 415 g/mol. The van der Waals surface area contributed by atoms with Crippen molar-refractivity contribution in [2.24, 2.45) is 0 Å². The van der Waals surface area contributed by atoms with Crippen molar-refractivity contribution < 1.29 is 9.90 Å². The molecule has 1 aliphatic heterocycles. The molecule has 2 heterocycles.